The van der Waals surface area contributed by atoms with Crippen LogP contribution >= 0.6 is 0 Å². The molecule has 0 saturated heterocycles. The zero-order valence-electron chi connectivity index (χ0n) is 14.2. The predicted molar refractivity (Wildman–Crippen MR) is 89.8 cm³/mol. The van der Waals surface area contributed by atoms with Crippen LogP contribution in [0.5, 0.6) is 5.75 Å². The van der Waals surface area contributed by atoms with Gasteiger partial charge in [0, 0.05) is 23.8 Å². The van der Waals surface area contributed by atoms with Gasteiger partial charge in [-0.05, 0) is 25.1 Å². The molecule has 1 atom stereocenters. The highest BCUT2D eigenvalue weighted by atomic mass is 19.1. The summed E-state index contributed by atoms with van der Waals surface area (Å²) in [4.78, 5) is 22.4. The average molecular weight is 366 g/mol. The van der Waals surface area contributed by atoms with Crippen molar-refractivity contribution >= 4 is 17.3 Å². The van der Waals surface area contributed by atoms with Crippen LogP contribution in [0.3, 0.4) is 0 Å². The van der Waals surface area contributed by atoms with Gasteiger partial charge in [0.2, 0.25) is 0 Å². The van der Waals surface area contributed by atoms with E-state index in [0.717, 1.165) is 12.1 Å². The second-order valence-corrected chi connectivity index (χ2v) is 5.58. The first-order valence-corrected chi connectivity index (χ1v) is 7.72. The molecule has 0 spiro atoms. The lowest BCUT2D eigenvalue weighted by atomic mass is 10.1. The number of benzene rings is 2. The molecule has 0 fully saturated rings. The van der Waals surface area contributed by atoms with Crippen molar-refractivity contribution in [2.24, 2.45) is 0 Å². The molecule has 2 aromatic rings. The number of nitro benzene ring substituents is 1. The number of anilines is 1. The number of methoxy groups -OCH3 is 1. The molecule has 1 amide bonds. The topological polar surface area (TPSA) is 98.1 Å². The number of carbonyl (C=O) groups excluding carboxylic acids is 1. The van der Waals surface area contributed by atoms with Crippen molar-refractivity contribution in [1.29, 1.82) is 0 Å². The molecule has 2 rings (SSSR count). The molecule has 0 bridgehead atoms. The van der Waals surface area contributed by atoms with Gasteiger partial charge in [0.15, 0.2) is 6.54 Å². The van der Waals surface area contributed by atoms with Crippen LogP contribution in [0.2, 0.25) is 0 Å². The summed E-state index contributed by atoms with van der Waals surface area (Å²) in [6.07, 6.45) is 0. The Morgan fingerprint density at radius 1 is 1.31 bits per heavy atom. The molecule has 0 aliphatic rings. The van der Waals surface area contributed by atoms with Crippen molar-refractivity contribution in [2.75, 3.05) is 19.0 Å². The van der Waals surface area contributed by atoms with Crippen LogP contribution in [0, 0.1) is 21.7 Å². The maximum Gasteiger partial charge on any atom is 0.279 e. The number of nitrogens with two attached hydrogens (primary N) is 1. The normalized spacial score (nSPS) is 11.7. The van der Waals surface area contributed by atoms with Gasteiger partial charge in [0.25, 0.3) is 11.6 Å². The minimum absolute atomic E-state index is 0.0656. The fourth-order valence-corrected chi connectivity index (χ4v) is 2.39. The number of hydrogen-bond acceptors (Lipinski definition) is 4. The van der Waals surface area contributed by atoms with Crippen molar-refractivity contribution < 1.29 is 28.6 Å². The molecule has 0 saturated carbocycles. The van der Waals surface area contributed by atoms with Crippen LogP contribution in [-0.4, -0.2) is 24.5 Å². The van der Waals surface area contributed by atoms with E-state index < -0.39 is 28.5 Å². The van der Waals surface area contributed by atoms with Crippen LogP contribution < -0.4 is 15.4 Å². The number of halogens is 2. The van der Waals surface area contributed by atoms with E-state index in [0.29, 0.717) is 0 Å². The zero-order chi connectivity index (χ0) is 19.3. The van der Waals surface area contributed by atoms with Crippen LogP contribution in [0.25, 0.3) is 0 Å². The van der Waals surface area contributed by atoms with Crippen LogP contribution in [0.15, 0.2) is 36.4 Å². The van der Waals surface area contributed by atoms with Crippen LogP contribution in [-0.2, 0) is 4.79 Å². The number of amides is 1. The third kappa shape index (κ3) is 4.73. The van der Waals surface area contributed by atoms with Crippen LogP contribution in [0.1, 0.15) is 18.5 Å². The van der Waals surface area contributed by atoms with Gasteiger partial charge < -0.3 is 15.4 Å². The standard InChI is InChI=1S/C17H17F2N3O4/c1-10(13-5-3-11(18)7-14(13)19)20-9-17(23)21-15-8-12(22(24)25)4-6-16(15)26-2/h3-8,10,20H,9H2,1-2H3,(H,21,23)/p+1/t10-/m0/s1. The molecule has 0 unspecified atom stereocenters. The van der Waals surface area contributed by atoms with Gasteiger partial charge in [-0.1, -0.05) is 0 Å². The Balaban J connectivity index is 2.02. The molecular formula is C17H18F2N3O4+. The van der Waals surface area contributed by atoms with Gasteiger partial charge in [-0.25, -0.2) is 8.78 Å². The predicted octanol–water partition coefficient (Wildman–Crippen LogP) is 2.14. The lowest BCUT2D eigenvalue weighted by Gasteiger charge is -2.13. The summed E-state index contributed by atoms with van der Waals surface area (Å²) in [7, 11) is 1.38. The maximum absolute atomic E-state index is 13.8. The molecule has 9 heteroatoms. The number of quaternary nitrogens is 1. The van der Waals surface area contributed by atoms with E-state index in [-0.39, 0.29) is 29.2 Å². The van der Waals surface area contributed by atoms with E-state index in [4.69, 9.17) is 4.74 Å². The first kappa shape index (κ1) is 19.3. The number of non-ortho nitro benzene ring substituents is 1. The number of nitrogens with zero attached hydrogens (tertiary/aromatic N) is 1. The number of ether oxygens (including phenoxy) is 1. The van der Waals surface area contributed by atoms with Gasteiger partial charge in [-0.3, -0.25) is 14.9 Å². The van der Waals surface area contributed by atoms with E-state index in [1.165, 1.54) is 31.4 Å². The third-order valence-electron chi connectivity index (χ3n) is 3.78. The summed E-state index contributed by atoms with van der Waals surface area (Å²) >= 11 is 0. The Hall–Kier alpha value is -3.07. The first-order valence-electron chi connectivity index (χ1n) is 7.72. The number of rotatable bonds is 7. The molecule has 7 nitrogen and oxygen atoms in total. The minimum atomic E-state index is -0.686. The summed E-state index contributed by atoms with van der Waals surface area (Å²) in [6, 6.07) is 6.68. The largest absolute Gasteiger partial charge is 0.495 e. The minimum Gasteiger partial charge on any atom is -0.495 e. The smallest absolute Gasteiger partial charge is 0.279 e. The van der Waals surface area contributed by atoms with Gasteiger partial charge in [0.1, 0.15) is 23.4 Å². The summed E-state index contributed by atoms with van der Waals surface area (Å²) in [6.45, 7) is 1.61. The van der Waals surface area contributed by atoms with E-state index >= 15 is 0 Å². The van der Waals surface area contributed by atoms with Crippen molar-refractivity contribution in [3.63, 3.8) is 0 Å². The SMILES string of the molecule is COc1ccc([N+](=O)[O-])cc1NC(=O)C[NH2+][C@@H](C)c1ccc(F)cc1F. The molecule has 2 aromatic carbocycles. The zero-order valence-corrected chi connectivity index (χ0v) is 14.2. The molecular weight excluding hydrogens is 348 g/mol. The number of nitrogens with one attached hydrogen (secondary N) is 1. The average Bonchev–Trinajstić information content (AvgIpc) is 2.59. The van der Waals surface area contributed by atoms with E-state index in [9.17, 15) is 23.7 Å². The van der Waals surface area contributed by atoms with E-state index in [1.54, 1.807) is 12.2 Å². The lowest BCUT2D eigenvalue weighted by molar-refractivity contribution is -0.682. The summed E-state index contributed by atoms with van der Waals surface area (Å²) in [5, 5.41) is 14.9. The second kappa shape index (κ2) is 8.34. The Morgan fingerprint density at radius 2 is 2.04 bits per heavy atom. The Bertz CT molecular complexity index is 830. The number of carbonyl (C=O) groups is 1. The highest BCUT2D eigenvalue weighted by Gasteiger charge is 2.18. The molecule has 0 radical (unpaired) electrons. The summed E-state index contributed by atoms with van der Waals surface area (Å²) in [5.74, 6) is -1.52. The Kier molecular flexibility index (Phi) is 6.18. The molecule has 138 valence electrons. The fraction of sp³-hybridized carbons (Fsp3) is 0.235. The molecule has 0 aliphatic heterocycles. The fourth-order valence-electron chi connectivity index (χ4n) is 2.39. The van der Waals surface area contributed by atoms with Gasteiger partial charge in [-0.2, -0.15) is 0 Å². The number of nitro groups is 1. The molecule has 26 heavy (non-hydrogen) atoms. The third-order valence-corrected chi connectivity index (χ3v) is 3.78. The molecule has 0 aliphatic carbocycles. The van der Waals surface area contributed by atoms with Crippen molar-refractivity contribution in [1.82, 2.24) is 0 Å². The quantitative estimate of drug-likeness (QED) is 0.579. The van der Waals surface area contributed by atoms with E-state index in [2.05, 4.69) is 5.32 Å². The highest BCUT2D eigenvalue weighted by Crippen LogP contribution is 2.28. The molecule has 0 heterocycles. The van der Waals surface area contributed by atoms with Crippen LogP contribution in [0.4, 0.5) is 20.2 Å². The Labute approximate surface area is 148 Å². The maximum atomic E-state index is 13.8. The molecule has 0 aromatic heterocycles. The van der Waals surface area contributed by atoms with Crippen molar-refractivity contribution in [2.45, 2.75) is 13.0 Å². The van der Waals surface area contributed by atoms with Gasteiger partial charge in [-0.15, -0.1) is 0 Å². The van der Waals surface area contributed by atoms with E-state index in [1.807, 2.05) is 0 Å². The monoisotopic (exact) mass is 366 g/mol. The second-order valence-electron chi connectivity index (χ2n) is 5.58. The lowest BCUT2D eigenvalue weighted by Crippen LogP contribution is -2.86. The summed E-state index contributed by atoms with van der Waals surface area (Å²) < 4.78 is 31.8. The van der Waals surface area contributed by atoms with Gasteiger partial charge in [0.05, 0.1) is 17.7 Å². The van der Waals surface area contributed by atoms with Crippen molar-refractivity contribution in [3.8, 4) is 5.75 Å². The Morgan fingerprint density at radius 3 is 2.65 bits per heavy atom. The molecule has 3 N–H and O–H groups in total. The first-order chi connectivity index (χ1) is 12.3. The van der Waals surface area contributed by atoms with Crippen molar-refractivity contribution in [3.05, 3.63) is 63.7 Å². The number of hydrogen-bond donors (Lipinski definition) is 2. The summed E-state index contributed by atoms with van der Waals surface area (Å²) in [5.41, 5.74) is 0.250. The highest BCUT2D eigenvalue weighted by molar-refractivity contribution is 5.93. The van der Waals surface area contributed by atoms with Gasteiger partial charge >= 0.3 is 0 Å².